The Labute approximate surface area is 104 Å². The Balaban J connectivity index is 2.99. The summed E-state index contributed by atoms with van der Waals surface area (Å²) in [5, 5.41) is 0. The minimum Gasteiger partial charge on any atom is -0.396 e. The molecule has 0 radical (unpaired) electrons. The standard InChI is InChI=1S/C13H23N3O/c1-5-11(3)16(8-9-17-4)13-12(14)10(2)6-7-15-13/h6-7,11H,5,8-9,14H2,1-4H3. The SMILES string of the molecule is CCC(C)N(CCOC)c1nccc(C)c1N. The number of pyridine rings is 1. The van der Waals surface area contributed by atoms with Crippen LogP contribution in [0.25, 0.3) is 0 Å². The predicted octanol–water partition coefficient (Wildman–Crippen LogP) is 2.22. The Morgan fingerprint density at radius 2 is 2.24 bits per heavy atom. The van der Waals surface area contributed by atoms with Crippen LogP contribution in [0.4, 0.5) is 11.5 Å². The summed E-state index contributed by atoms with van der Waals surface area (Å²) in [6.07, 6.45) is 2.86. The monoisotopic (exact) mass is 237 g/mol. The van der Waals surface area contributed by atoms with E-state index in [1.807, 2.05) is 19.2 Å². The fourth-order valence-corrected chi connectivity index (χ4v) is 1.73. The zero-order valence-electron chi connectivity index (χ0n) is 11.2. The van der Waals surface area contributed by atoms with Gasteiger partial charge in [0.15, 0.2) is 5.82 Å². The maximum Gasteiger partial charge on any atom is 0.152 e. The van der Waals surface area contributed by atoms with Crippen molar-refractivity contribution in [3.8, 4) is 0 Å². The third-order valence-electron chi connectivity index (χ3n) is 3.12. The highest BCUT2D eigenvalue weighted by Gasteiger charge is 2.17. The van der Waals surface area contributed by atoms with Gasteiger partial charge in [-0.25, -0.2) is 4.98 Å². The summed E-state index contributed by atoms with van der Waals surface area (Å²) in [7, 11) is 1.71. The number of nitrogen functional groups attached to an aromatic ring is 1. The molecule has 0 saturated heterocycles. The minimum atomic E-state index is 0.404. The zero-order valence-corrected chi connectivity index (χ0v) is 11.2. The van der Waals surface area contributed by atoms with E-state index in [2.05, 4.69) is 23.7 Å². The summed E-state index contributed by atoms with van der Waals surface area (Å²) in [6, 6.07) is 2.34. The van der Waals surface area contributed by atoms with E-state index in [-0.39, 0.29) is 0 Å². The molecule has 1 aromatic heterocycles. The van der Waals surface area contributed by atoms with Crippen molar-refractivity contribution in [2.45, 2.75) is 33.2 Å². The van der Waals surface area contributed by atoms with Gasteiger partial charge in [-0.05, 0) is 31.9 Å². The van der Waals surface area contributed by atoms with E-state index >= 15 is 0 Å². The number of hydrogen-bond donors (Lipinski definition) is 1. The molecule has 1 heterocycles. The summed E-state index contributed by atoms with van der Waals surface area (Å²) in [6.45, 7) is 7.84. The van der Waals surface area contributed by atoms with Gasteiger partial charge < -0.3 is 15.4 Å². The average Bonchev–Trinajstić information content (AvgIpc) is 2.34. The molecule has 4 heteroatoms. The summed E-state index contributed by atoms with van der Waals surface area (Å²) < 4.78 is 5.15. The number of hydrogen-bond acceptors (Lipinski definition) is 4. The molecule has 0 spiro atoms. The second-order valence-electron chi connectivity index (χ2n) is 4.31. The Bertz CT molecular complexity index is 355. The zero-order chi connectivity index (χ0) is 12.8. The van der Waals surface area contributed by atoms with Crippen molar-refractivity contribution in [3.05, 3.63) is 17.8 Å². The van der Waals surface area contributed by atoms with Crippen molar-refractivity contribution in [1.29, 1.82) is 0 Å². The molecule has 0 aliphatic rings. The first-order chi connectivity index (χ1) is 8.11. The number of rotatable bonds is 6. The maximum atomic E-state index is 6.10. The van der Waals surface area contributed by atoms with Gasteiger partial charge in [-0.1, -0.05) is 6.92 Å². The number of nitrogens with zero attached hydrogens (tertiary/aromatic N) is 2. The van der Waals surface area contributed by atoms with E-state index in [0.29, 0.717) is 12.6 Å². The minimum absolute atomic E-state index is 0.404. The van der Waals surface area contributed by atoms with Crippen LogP contribution in [0.5, 0.6) is 0 Å². The van der Waals surface area contributed by atoms with Crippen molar-refractivity contribution in [2.75, 3.05) is 30.9 Å². The van der Waals surface area contributed by atoms with Gasteiger partial charge in [0.25, 0.3) is 0 Å². The molecule has 1 aromatic rings. The van der Waals surface area contributed by atoms with Crippen LogP contribution >= 0.6 is 0 Å². The van der Waals surface area contributed by atoms with Gasteiger partial charge >= 0.3 is 0 Å². The average molecular weight is 237 g/mol. The lowest BCUT2D eigenvalue weighted by atomic mass is 10.2. The number of anilines is 2. The van der Waals surface area contributed by atoms with E-state index in [9.17, 15) is 0 Å². The van der Waals surface area contributed by atoms with Crippen LogP contribution in [0, 0.1) is 6.92 Å². The third kappa shape index (κ3) is 3.33. The van der Waals surface area contributed by atoms with E-state index in [1.165, 1.54) is 0 Å². The highest BCUT2D eigenvalue weighted by atomic mass is 16.5. The maximum absolute atomic E-state index is 6.10. The predicted molar refractivity (Wildman–Crippen MR) is 72.4 cm³/mol. The van der Waals surface area contributed by atoms with E-state index in [4.69, 9.17) is 10.5 Å². The van der Waals surface area contributed by atoms with Crippen LogP contribution in [0.15, 0.2) is 12.3 Å². The molecule has 1 atom stereocenters. The number of aryl methyl sites for hydroxylation is 1. The van der Waals surface area contributed by atoms with Crippen LogP contribution in [0.3, 0.4) is 0 Å². The van der Waals surface area contributed by atoms with Crippen molar-refractivity contribution in [3.63, 3.8) is 0 Å². The third-order valence-corrected chi connectivity index (χ3v) is 3.12. The fourth-order valence-electron chi connectivity index (χ4n) is 1.73. The molecule has 1 unspecified atom stereocenters. The van der Waals surface area contributed by atoms with E-state index in [1.54, 1.807) is 7.11 Å². The summed E-state index contributed by atoms with van der Waals surface area (Å²) in [5.41, 5.74) is 7.94. The Hall–Kier alpha value is -1.29. The molecule has 1 rings (SSSR count). The van der Waals surface area contributed by atoms with Gasteiger partial charge in [0.05, 0.1) is 12.3 Å². The lowest BCUT2D eigenvalue weighted by Gasteiger charge is -2.30. The topological polar surface area (TPSA) is 51.4 Å². The highest BCUT2D eigenvalue weighted by Crippen LogP contribution is 2.25. The Kier molecular flexibility index (Phi) is 5.22. The normalized spacial score (nSPS) is 12.5. The second-order valence-corrected chi connectivity index (χ2v) is 4.31. The van der Waals surface area contributed by atoms with Crippen LogP contribution in [0.1, 0.15) is 25.8 Å². The molecule has 4 nitrogen and oxygen atoms in total. The van der Waals surface area contributed by atoms with Crippen LogP contribution in [0.2, 0.25) is 0 Å². The molecule has 0 aromatic carbocycles. The molecular formula is C13H23N3O. The lowest BCUT2D eigenvalue weighted by Crippen LogP contribution is -2.36. The molecule has 0 aliphatic carbocycles. The van der Waals surface area contributed by atoms with Crippen LogP contribution in [-0.4, -0.2) is 31.3 Å². The first kappa shape index (κ1) is 13.8. The van der Waals surface area contributed by atoms with Gasteiger partial charge in [-0.3, -0.25) is 0 Å². The van der Waals surface area contributed by atoms with Gasteiger partial charge in [0.1, 0.15) is 0 Å². The summed E-state index contributed by atoms with van der Waals surface area (Å²) >= 11 is 0. The van der Waals surface area contributed by atoms with Gasteiger partial charge in [-0.2, -0.15) is 0 Å². The lowest BCUT2D eigenvalue weighted by molar-refractivity contribution is 0.203. The molecule has 0 fully saturated rings. The molecule has 0 aliphatic heterocycles. The molecule has 0 amide bonds. The highest BCUT2D eigenvalue weighted by molar-refractivity contribution is 5.66. The van der Waals surface area contributed by atoms with Crippen molar-refractivity contribution >= 4 is 11.5 Å². The fraction of sp³-hybridized carbons (Fsp3) is 0.615. The van der Waals surface area contributed by atoms with Gasteiger partial charge in [0.2, 0.25) is 0 Å². The van der Waals surface area contributed by atoms with E-state index in [0.717, 1.165) is 30.0 Å². The summed E-state index contributed by atoms with van der Waals surface area (Å²) in [4.78, 5) is 6.62. The molecule has 17 heavy (non-hydrogen) atoms. The van der Waals surface area contributed by atoms with Crippen LogP contribution in [-0.2, 0) is 4.74 Å². The second kappa shape index (κ2) is 6.45. The Morgan fingerprint density at radius 1 is 1.53 bits per heavy atom. The van der Waals surface area contributed by atoms with Crippen molar-refractivity contribution < 1.29 is 4.74 Å². The number of nitrogens with two attached hydrogens (primary N) is 1. The molecule has 0 bridgehead atoms. The quantitative estimate of drug-likeness (QED) is 0.824. The number of ether oxygens (including phenoxy) is 1. The van der Waals surface area contributed by atoms with Crippen LogP contribution < -0.4 is 10.6 Å². The number of aromatic nitrogens is 1. The smallest absolute Gasteiger partial charge is 0.152 e. The summed E-state index contributed by atoms with van der Waals surface area (Å²) in [5.74, 6) is 0.872. The van der Waals surface area contributed by atoms with Gasteiger partial charge in [-0.15, -0.1) is 0 Å². The molecular weight excluding hydrogens is 214 g/mol. The van der Waals surface area contributed by atoms with E-state index < -0.39 is 0 Å². The first-order valence-corrected chi connectivity index (χ1v) is 6.08. The van der Waals surface area contributed by atoms with Gasteiger partial charge in [0, 0.05) is 25.9 Å². The Morgan fingerprint density at radius 3 is 2.82 bits per heavy atom. The van der Waals surface area contributed by atoms with Crippen molar-refractivity contribution in [2.24, 2.45) is 0 Å². The first-order valence-electron chi connectivity index (χ1n) is 6.08. The molecule has 0 saturated carbocycles. The molecule has 96 valence electrons. The number of methoxy groups -OCH3 is 1. The molecule has 2 N–H and O–H groups in total. The largest absolute Gasteiger partial charge is 0.396 e. The van der Waals surface area contributed by atoms with Crippen molar-refractivity contribution in [1.82, 2.24) is 4.98 Å².